The molecule has 0 atom stereocenters. The Morgan fingerprint density at radius 2 is 1.29 bits per heavy atom. The first-order valence-corrected chi connectivity index (χ1v) is 9.36. The molecule has 0 N–H and O–H groups in total. The van der Waals surface area contributed by atoms with E-state index in [4.69, 9.17) is 0 Å². The van der Waals surface area contributed by atoms with Crippen LogP contribution < -0.4 is 0 Å². The molecule has 0 radical (unpaired) electrons. The molecule has 3 heteroatoms. The molecule has 0 aliphatic carbocycles. The van der Waals surface area contributed by atoms with Crippen LogP contribution in [0, 0.1) is 11.3 Å². The largest absolute Gasteiger partial charge is 0.305 e. The van der Waals surface area contributed by atoms with Gasteiger partial charge in [0.2, 0.25) is 0 Å². The zero-order valence-corrected chi connectivity index (χ0v) is 18.0. The SMILES string of the molecule is C=C(C)CCN(C)CCN(C)CCC(=O)CC(C)(C)C.CC(C)C. The Bertz CT molecular complexity index is 339. The predicted octanol–water partition coefficient (Wildman–Crippen LogP) is 4.87. The van der Waals surface area contributed by atoms with Crippen molar-refractivity contribution >= 4 is 5.78 Å². The monoisotopic (exact) mass is 340 g/mol. The van der Waals surface area contributed by atoms with Gasteiger partial charge in [0.15, 0.2) is 0 Å². The van der Waals surface area contributed by atoms with Crippen molar-refractivity contribution < 1.29 is 4.79 Å². The Morgan fingerprint density at radius 3 is 1.62 bits per heavy atom. The lowest BCUT2D eigenvalue weighted by Gasteiger charge is -2.22. The number of carbonyl (C=O) groups is 1. The lowest BCUT2D eigenvalue weighted by atomic mass is 9.89. The molecule has 0 rings (SSSR count). The Balaban J connectivity index is 0. The van der Waals surface area contributed by atoms with E-state index in [2.05, 4.69) is 78.9 Å². The maximum Gasteiger partial charge on any atom is 0.134 e. The van der Waals surface area contributed by atoms with Gasteiger partial charge in [0.1, 0.15) is 5.78 Å². The van der Waals surface area contributed by atoms with Crippen LogP contribution in [0.2, 0.25) is 0 Å². The van der Waals surface area contributed by atoms with E-state index in [0.29, 0.717) is 18.6 Å². The fraction of sp³-hybridized carbons (Fsp3) is 0.857. The Morgan fingerprint density at radius 1 is 0.917 bits per heavy atom. The van der Waals surface area contributed by atoms with Crippen LogP contribution in [0.25, 0.3) is 0 Å². The molecular weight excluding hydrogens is 296 g/mol. The first-order chi connectivity index (χ1) is 10.8. The first kappa shape index (κ1) is 25.6. The number of ketones is 1. The van der Waals surface area contributed by atoms with Gasteiger partial charge in [-0.1, -0.05) is 47.1 Å². The summed E-state index contributed by atoms with van der Waals surface area (Å²) in [6.45, 7) is 22.8. The third-order valence-electron chi connectivity index (χ3n) is 3.28. The summed E-state index contributed by atoms with van der Waals surface area (Å²) in [6, 6.07) is 0. The minimum atomic E-state index is 0.110. The van der Waals surface area contributed by atoms with E-state index in [1.807, 2.05) is 0 Å². The molecule has 0 saturated heterocycles. The van der Waals surface area contributed by atoms with Gasteiger partial charge in [-0.3, -0.25) is 4.79 Å². The standard InChI is InChI=1S/C17H34N2O.C4H10/c1-15(2)8-10-18(6)12-13-19(7)11-9-16(20)14-17(3,4)5;1-4(2)3/h1,8-14H2,2-7H3;4H,1-3H3. The highest BCUT2D eigenvalue weighted by atomic mass is 16.1. The highest BCUT2D eigenvalue weighted by Gasteiger charge is 2.16. The highest BCUT2D eigenvalue weighted by molar-refractivity contribution is 5.79. The van der Waals surface area contributed by atoms with Crippen molar-refractivity contribution in [2.45, 2.75) is 67.7 Å². The average molecular weight is 341 g/mol. The van der Waals surface area contributed by atoms with Gasteiger partial charge in [0, 0.05) is 39.0 Å². The third kappa shape index (κ3) is 23.6. The van der Waals surface area contributed by atoms with Gasteiger partial charge in [0.25, 0.3) is 0 Å². The lowest BCUT2D eigenvalue weighted by Crippen LogP contribution is -2.32. The molecule has 0 aliphatic rings. The summed E-state index contributed by atoms with van der Waals surface area (Å²) in [5.74, 6) is 1.21. The van der Waals surface area contributed by atoms with Crippen molar-refractivity contribution in [3.63, 3.8) is 0 Å². The molecule has 0 amide bonds. The average Bonchev–Trinajstić information content (AvgIpc) is 2.38. The second-order valence-corrected chi connectivity index (χ2v) is 9.07. The Hall–Kier alpha value is -0.670. The molecule has 3 nitrogen and oxygen atoms in total. The van der Waals surface area contributed by atoms with Crippen LogP contribution in [-0.2, 0) is 4.79 Å². The number of carbonyl (C=O) groups excluding carboxylic acids is 1. The van der Waals surface area contributed by atoms with Crippen LogP contribution in [-0.4, -0.2) is 55.9 Å². The Kier molecular flexibility index (Phi) is 14.5. The minimum Gasteiger partial charge on any atom is -0.305 e. The second kappa shape index (κ2) is 13.6. The van der Waals surface area contributed by atoms with E-state index in [0.717, 1.165) is 38.5 Å². The smallest absolute Gasteiger partial charge is 0.134 e. The molecule has 0 unspecified atom stereocenters. The lowest BCUT2D eigenvalue weighted by molar-refractivity contribution is -0.121. The molecule has 0 aromatic carbocycles. The molecule has 0 aliphatic heterocycles. The number of hydrogen-bond acceptors (Lipinski definition) is 3. The summed E-state index contributed by atoms with van der Waals surface area (Å²) in [5.41, 5.74) is 1.34. The zero-order valence-electron chi connectivity index (χ0n) is 18.0. The van der Waals surface area contributed by atoms with Crippen LogP contribution in [0.4, 0.5) is 0 Å². The van der Waals surface area contributed by atoms with Crippen LogP contribution in [0.5, 0.6) is 0 Å². The third-order valence-corrected chi connectivity index (χ3v) is 3.28. The van der Waals surface area contributed by atoms with Crippen molar-refractivity contribution in [2.75, 3.05) is 40.3 Å². The summed E-state index contributed by atoms with van der Waals surface area (Å²) in [5, 5.41) is 0. The van der Waals surface area contributed by atoms with E-state index in [-0.39, 0.29) is 5.41 Å². The highest BCUT2D eigenvalue weighted by Crippen LogP contribution is 2.19. The van der Waals surface area contributed by atoms with E-state index >= 15 is 0 Å². The molecule has 0 saturated carbocycles. The summed E-state index contributed by atoms with van der Waals surface area (Å²) in [4.78, 5) is 16.4. The molecular formula is C21H44N2O. The topological polar surface area (TPSA) is 23.6 Å². The van der Waals surface area contributed by atoms with E-state index < -0.39 is 0 Å². The van der Waals surface area contributed by atoms with Gasteiger partial charge in [-0.05, 0) is 38.8 Å². The summed E-state index contributed by atoms with van der Waals surface area (Å²) in [6.07, 6.45) is 2.41. The molecule has 0 bridgehead atoms. The van der Waals surface area contributed by atoms with Gasteiger partial charge < -0.3 is 9.80 Å². The summed E-state index contributed by atoms with van der Waals surface area (Å²) < 4.78 is 0. The normalized spacial score (nSPS) is 11.7. The second-order valence-electron chi connectivity index (χ2n) is 9.07. The van der Waals surface area contributed by atoms with Gasteiger partial charge in [0.05, 0.1) is 0 Å². The van der Waals surface area contributed by atoms with E-state index in [9.17, 15) is 4.79 Å². The molecule has 0 fully saturated rings. The minimum absolute atomic E-state index is 0.110. The number of likely N-dealkylation sites (N-methyl/N-ethyl adjacent to an activating group) is 2. The maximum absolute atomic E-state index is 11.8. The maximum atomic E-state index is 11.8. The van der Waals surface area contributed by atoms with Gasteiger partial charge in [-0.2, -0.15) is 0 Å². The number of Topliss-reactive ketones (excluding diaryl/α,β-unsaturated/α-hetero) is 1. The van der Waals surface area contributed by atoms with Crippen LogP contribution in [0.15, 0.2) is 12.2 Å². The Labute approximate surface area is 152 Å². The van der Waals surface area contributed by atoms with Crippen molar-refractivity contribution in [3.8, 4) is 0 Å². The summed E-state index contributed by atoms with van der Waals surface area (Å²) in [7, 11) is 4.23. The fourth-order valence-electron chi connectivity index (χ4n) is 1.94. The first-order valence-electron chi connectivity index (χ1n) is 9.36. The fourth-order valence-corrected chi connectivity index (χ4v) is 1.94. The molecule has 24 heavy (non-hydrogen) atoms. The van der Waals surface area contributed by atoms with E-state index in [1.54, 1.807) is 0 Å². The van der Waals surface area contributed by atoms with Crippen molar-refractivity contribution in [2.24, 2.45) is 11.3 Å². The molecule has 144 valence electrons. The molecule has 0 aromatic heterocycles. The van der Waals surface area contributed by atoms with E-state index in [1.165, 1.54) is 5.57 Å². The van der Waals surface area contributed by atoms with Crippen molar-refractivity contribution in [3.05, 3.63) is 12.2 Å². The number of hydrogen-bond donors (Lipinski definition) is 0. The van der Waals surface area contributed by atoms with Crippen molar-refractivity contribution in [1.29, 1.82) is 0 Å². The van der Waals surface area contributed by atoms with Crippen LogP contribution in [0.3, 0.4) is 0 Å². The molecule has 0 heterocycles. The van der Waals surface area contributed by atoms with Gasteiger partial charge in [-0.15, -0.1) is 6.58 Å². The number of rotatable bonds is 10. The molecule has 0 aromatic rings. The number of nitrogens with zero attached hydrogens (tertiary/aromatic N) is 2. The van der Waals surface area contributed by atoms with Gasteiger partial charge in [-0.25, -0.2) is 0 Å². The zero-order chi connectivity index (χ0) is 19.3. The predicted molar refractivity (Wildman–Crippen MR) is 109 cm³/mol. The van der Waals surface area contributed by atoms with Crippen LogP contribution >= 0.6 is 0 Å². The van der Waals surface area contributed by atoms with Crippen LogP contribution in [0.1, 0.15) is 67.7 Å². The van der Waals surface area contributed by atoms with Crippen molar-refractivity contribution in [1.82, 2.24) is 9.80 Å². The molecule has 0 spiro atoms. The quantitative estimate of drug-likeness (QED) is 0.530. The summed E-state index contributed by atoms with van der Waals surface area (Å²) >= 11 is 0. The van der Waals surface area contributed by atoms with Gasteiger partial charge >= 0.3 is 0 Å².